The summed E-state index contributed by atoms with van der Waals surface area (Å²) < 4.78 is 17.0. The van der Waals surface area contributed by atoms with E-state index in [-0.39, 0.29) is 18.1 Å². The summed E-state index contributed by atoms with van der Waals surface area (Å²) in [7, 11) is 1.73. The molecule has 2 heterocycles. The lowest BCUT2D eigenvalue weighted by atomic mass is 9.97. The van der Waals surface area contributed by atoms with Crippen LogP contribution in [-0.4, -0.2) is 55.3 Å². The van der Waals surface area contributed by atoms with E-state index in [9.17, 15) is 4.79 Å². The normalized spacial score (nSPS) is 13.4. The average molecular weight is 574 g/mol. The zero-order chi connectivity index (χ0) is 29.2. The highest BCUT2D eigenvalue weighted by Gasteiger charge is 2.19. The first-order valence-corrected chi connectivity index (χ1v) is 13.6. The third kappa shape index (κ3) is 7.50. The van der Waals surface area contributed by atoms with Crippen molar-refractivity contribution in [2.45, 2.75) is 26.5 Å². The maximum Gasteiger partial charge on any atom is 0.269 e. The monoisotopic (exact) mass is 573 g/mol. The van der Waals surface area contributed by atoms with Gasteiger partial charge in [-0.3, -0.25) is 9.69 Å². The lowest BCUT2D eigenvalue weighted by molar-refractivity contribution is -0.110. The molecule has 0 amide bonds. The van der Waals surface area contributed by atoms with Gasteiger partial charge in [-0.25, -0.2) is 4.98 Å². The van der Waals surface area contributed by atoms with Gasteiger partial charge >= 0.3 is 0 Å². The molecule has 0 spiro atoms. The first-order chi connectivity index (χ1) is 20.0. The van der Waals surface area contributed by atoms with E-state index in [1.54, 1.807) is 32.2 Å². The maximum absolute atomic E-state index is 12.0. The molecule has 0 fully saturated rings. The van der Waals surface area contributed by atoms with Crippen molar-refractivity contribution in [1.82, 2.24) is 9.88 Å². The highest BCUT2D eigenvalue weighted by molar-refractivity contribution is 6.32. The number of ketones is 1. The molecule has 0 atom stereocenters. The Hall–Kier alpha value is -4.23. The highest BCUT2D eigenvalue weighted by atomic mass is 35.5. The number of Topliss-reactive ketones (excluding diaryl/α,β-unsaturated/α-hetero) is 1. The molecule has 2 N–H and O–H groups in total. The van der Waals surface area contributed by atoms with E-state index >= 15 is 0 Å². The summed E-state index contributed by atoms with van der Waals surface area (Å²) >= 11 is 6.59. The van der Waals surface area contributed by atoms with Gasteiger partial charge in [0.2, 0.25) is 5.88 Å². The van der Waals surface area contributed by atoms with Crippen LogP contribution in [0.1, 0.15) is 23.6 Å². The minimum atomic E-state index is -0.886. The molecule has 212 valence electrons. The molecule has 9 nitrogen and oxygen atoms in total. The van der Waals surface area contributed by atoms with Crippen LogP contribution in [-0.2, 0) is 33.8 Å². The largest absolute Gasteiger partial charge is 0.487 e. The summed E-state index contributed by atoms with van der Waals surface area (Å²) in [5, 5.41) is 20.0. The number of hydrogen-bond acceptors (Lipinski definition) is 9. The molecule has 0 unspecified atom stereocenters. The lowest BCUT2D eigenvalue weighted by Crippen LogP contribution is -2.33. The number of pyridine rings is 1. The number of carbonyl (C=O) groups excluding carboxylic acids is 1. The number of fused-ring (bicyclic) bond motifs is 1. The van der Waals surface area contributed by atoms with Gasteiger partial charge in [0.25, 0.3) is 5.78 Å². The first-order valence-electron chi connectivity index (χ1n) is 13.3. The summed E-state index contributed by atoms with van der Waals surface area (Å²) in [4.78, 5) is 19.1. The number of halogens is 1. The molecule has 0 saturated carbocycles. The van der Waals surface area contributed by atoms with Crippen molar-refractivity contribution in [2.24, 2.45) is 0 Å². The number of methoxy groups -OCH3 is 1. The Bertz CT molecular complexity index is 1480. The van der Waals surface area contributed by atoms with Gasteiger partial charge in [0.15, 0.2) is 0 Å². The van der Waals surface area contributed by atoms with E-state index in [1.807, 2.05) is 18.2 Å². The molecule has 0 saturated heterocycles. The summed E-state index contributed by atoms with van der Waals surface area (Å²) in [5.74, 6) is -0.0439. The smallest absolute Gasteiger partial charge is 0.269 e. The third-order valence-electron chi connectivity index (χ3n) is 6.61. The van der Waals surface area contributed by atoms with E-state index < -0.39 is 5.78 Å². The van der Waals surface area contributed by atoms with Crippen molar-refractivity contribution >= 4 is 29.4 Å². The Morgan fingerprint density at radius 3 is 2.80 bits per heavy atom. The van der Waals surface area contributed by atoms with Crippen LogP contribution in [0.2, 0.25) is 5.02 Å². The van der Waals surface area contributed by atoms with Crippen molar-refractivity contribution in [3.05, 3.63) is 87.8 Å². The molecule has 1 aliphatic rings. The zero-order valence-corrected chi connectivity index (χ0v) is 23.8. The number of allylic oxidation sites excluding steroid dienone is 1. The topological polar surface area (TPSA) is 121 Å². The second kappa shape index (κ2) is 14.4. The SMILES string of the molecule is CCO/C(Nc1cccc(-c2cccc(Cl)c2OCc2ccc3c(c2)CCN(CCOC)C3)n1)=C(/C=N)C(=O)C#N. The van der Waals surface area contributed by atoms with Crippen LogP contribution in [0.3, 0.4) is 0 Å². The van der Waals surface area contributed by atoms with Crippen LogP contribution in [0.5, 0.6) is 5.75 Å². The van der Waals surface area contributed by atoms with Crippen molar-refractivity contribution in [3.8, 4) is 23.1 Å². The van der Waals surface area contributed by atoms with E-state index in [2.05, 4.69) is 33.4 Å². The fourth-order valence-electron chi connectivity index (χ4n) is 4.57. The fraction of sp³-hybridized carbons (Fsp3) is 0.290. The Kier molecular flexibility index (Phi) is 10.5. The number of carbonyl (C=O) groups is 1. The number of nitrogens with one attached hydrogen (secondary N) is 2. The molecule has 2 aromatic carbocycles. The predicted molar refractivity (Wildman–Crippen MR) is 158 cm³/mol. The Morgan fingerprint density at radius 2 is 2.05 bits per heavy atom. The Labute approximate surface area is 244 Å². The van der Waals surface area contributed by atoms with Crippen molar-refractivity contribution in [1.29, 1.82) is 10.7 Å². The van der Waals surface area contributed by atoms with Gasteiger partial charge in [0.05, 0.1) is 23.9 Å². The molecular weight excluding hydrogens is 542 g/mol. The van der Waals surface area contributed by atoms with Crippen LogP contribution in [0.15, 0.2) is 66.1 Å². The molecule has 3 aromatic rings. The minimum absolute atomic E-state index is 0.0181. The molecule has 41 heavy (non-hydrogen) atoms. The number of benzene rings is 2. The van der Waals surface area contributed by atoms with Gasteiger partial charge in [-0.2, -0.15) is 5.26 Å². The van der Waals surface area contributed by atoms with E-state index in [4.69, 9.17) is 36.5 Å². The van der Waals surface area contributed by atoms with E-state index in [0.29, 0.717) is 34.5 Å². The van der Waals surface area contributed by atoms with Gasteiger partial charge in [0, 0.05) is 38.5 Å². The third-order valence-corrected chi connectivity index (χ3v) is 6.91. The molecular formula is C31H32ClN5O4. The number of rotatable bonds is 13. The van der Waals surface area contributed by atoms with Gasteiger partial charge < -0.3 is 24.9 Å². The average Bonchev–Trinajstić information content (AvgIpc) is 2.99. The first kappa shape index (κ1) is 29.7. The molecule has 1 aromatic heterocycles. The number of aromatic nitrogens is 1. The van der Waals surface area contributed by atoms with Crippen LogP contribution in [0, 0.1) is 16.7 Å². The van der Waals surface area contributed by atoms with Gasteiger partial charge in [0.1, 0.15) is 29.8 Å². The molecule has 4 rings (SSSR count). The highest BCUT2D eigenvalue weighted by Crippen LogP contribution is 2.36. The summed E-state index contributed by atoms with van der Waals surface area (Å²) in [5.41, 5.74) is 4.78. The number of nitrogens with zero attached hydrogens (tertiary/aromatic N) is 3. The van der Waals surface area contributed by atoms with Crippen molar-refractivity contribution < 1.29 is 19.0 Å². The van der Waals surface area contributed by atoms with E-state index in [1.165, 1.54) is 17.2 Å². The van der Waals surface area contributed by atoms with Gasteiger partial charge in [-0.15, -0.1) is 0 Å². The summed E-state index contributed by atoms with van der Waals surface area (Å²) in [6.07, 6.45) is 1.76. The van der Waals surface area contributed by atoms with Gasteiger partial charge in [-0.1, -0.05) is 41.9 Å². The quantitative estimate of drug-likeness (QED) is 0.121. The summed E-state index contributed by atoms with van der Waals surface area (Å²) in [6, 6.07) is 18.7. The standard InChI is InChI=1S/C31H32ClN5O4/c1-3-40-31(25(17-33)28(38)18-34)36-29-9-5-8-27(35-29)24-6-4-7-26(32)30(24)41-20-21-10-11-23-19-37(14-15-39-2)13-12-22(23)16-21/h4-11,16-17,33H,3,12-15,19-20H2,1-2H3,(H,35,36)/b31-25-,33-17?. The second-order valence-corrected chi connectivity index (χ2v) is 9.73. The van der Waals surface area contributed by atoms with Crippen LogP contribution in [0.4, 0.5) is 5.82 Å². The molecule has 0 radical (unpaired) electrons. The van der Waals surface area contributed by atoms with Gasteiger partial charge in [-0.05, 0) is 54.3 Å². The Morgan fingerprint density at radius 1 is 1.22 bits per heavy atom. The lowest BCUT2D eigenvalue weighted by Gasteiger charge is -2.28. The number of para-hydroxylation sites is 1. The predicted octanol–water partition coefficient (Wildman–Crippen LogP) is 5.39. The van der Waals surface area contributed by atoms with Crippen molar-refractivity contribution in [2.75, 3.05) is 38.7 Å². The van der Waals surface area contributed by atoms with Crippen molar-refractivity contribution in [3.63, 3.8) is 0 Å². The number of ether oxygens (including phenoxy) is 3. The Balaban J connectivity index is 1.55. The molecule has 0 aliphatic carbocycles. The minimum Gasteiger partial charge on any atom is -0.487 e. The number of nitriles is 1. The van der Waals surface area contributed by atoms with E-state index in [0.717, 1.165) is 44.4 Å². The number of hydrogen-bond donors (Lipinski definition) is 2. The molecule has 10 heteroatoms. The fourth-order valence-corrected chi connectivity index (χ4v) is 4.80. The van der Waals surface area contributed by atoms with Crippen LogP contribution >= 0.6 is 11.6 Å². The van der Waals surface area contributed by atoms with Crippen LogP contribution < -0.4 is 10.1 Å². The number of anilines is 1. The van der Waals surface area contributed by atoms with Crippen LogP contribution in [0.25, 0.3) is 11.3 Å². The second-order valence-electron chi connectivity index (χ2n) is 9.32. The molecule has 1 aliphatic heterocycles. The zero-order valence-electron chi connectivity index (χ0n) is 23.1. The maximum atomic E-state index is 12.0. The molecule has 0 bridgehead atoms. The summed E-state index contributed by atoms with van der Waals surface area (Å²) in [6.45, 7) is 5.86.